The van der Waals surface area contributed by atoms with Gasteiger partial charge < -0.3 is 9.47 Å². The van der Waals surface area contributed by atoms with Crippen molar-refractivity contribution in [3.63, 3.8) is 0 Å². The van der Waals surface area contributed by atoms with Gasteiger partial charge in [-0.15, -0.1) is 0 Å². The number of likely N-dealkylation sites (tertiary alicyclic amines) is 1. The van der Waals surface area contributed by atoms with Gasteiger partial charge in [-0.1, -0.05) is 0 Å². The summed E-state index contributed by atoms with van der Waals surface area (Å²) in [6.45, 7) is 2.12. The first kappa shape index (κ1) is 16.8. The summed E-state index contributed by atoms with van der Waals surface area (Å²) in [6.07, 6.45) is 4.08. The number of carbonyl (C=O) groups excluding carboxylic acids is 1. The summed E-state index contributed by atoms with van der Waals surface area (Å²) >= 11 is 0. The predicted octanol–water partition coefficient (Wildman–Crippen LogP) is 0.330. The van der Waals surface area contributed by atoms with E-state index in [-0.39, 0.29) is 28.9 Å². The molecule has 0 saturated carbocycles. The molecule has 1 amide bonds. The summed E-state index contributed by atoms with van der Waals surface area (Å²) in [5, 5.41) is 0. The number of sulfone groups is 1. The number of carbonyl (C=O) groups is 1. The van der Waals surface area contributed by atoms with Gasteiger partial charge in [0.1, 0.15) is 5.82 Å². The molecule has 0 N–H and O–H groups in total. The second-order valence-corrected chi connectivity index (χ2v) is 9.64. The van der Waals surface area contributed by atoms with Crippen molar-refractivity contribution in [3.05, 3.63) is 27.9 Å². The molecule has 0 aromatic carbocycles. The minimum absolute atomic E-state index is 0.0168. The first-order valence-corrected chi connectivity index (χ1v) is 10.8. The third kappa shape index (κ3) is 3.23. The SMILES string of the molecule is O=C([C@@H]1CCS(=O)(=O)C1)N1CCC[C@H](c2cc(=O)nc3n2CCC3)C1. The number of nitrogens with zero attached hydrogens (tertiary/aromatic N) is 3. The zero-order chi connectivity index (χ0) is 17.6. The molecule has 0 spiro atoms. The van der Waals surface area contributed by atoms with Gasteiger partial charge in [0, 0.05) is 43.7 Å². The Labute approximate surface area is 147 Å². The zero-order valence-corrected chi connectivity index (χ0v) is 15.0. The van der Waals surface area contributed by atoms with E-state index in [1.807, 2.05) is 4.90 Å². The summed E-state index contributed by atoms with van der Waals surface area (Å²) in [5.41, 5.74) is 0.789. The Morgan fingerprint density at radius 2 is 2.04 bits per heavy atom. The number of piperidine rings is 1. The van der Waals surface area contributed by atoms with Gasteiger partial charge in [0.15, 0.2) is 9.84 Å². The molecule has 0 unspecified atom stereocenters. The average molecular weight is 365 g/mol. The van der Waals surface area contributed by atoms with Crippen LogP contribution in [0.1, 0.15) is 43.1 Å². The van der Waals surface area contributed by atoms with Crippen molar-refractivity contribution in [1.29, 1.82) is 0 Å². The van der Waals surface area contributed by atoms with E-state index >= 15 is 0 Å². The minimum Gasteiger partial charge on any atom is -0.342 e. The molecule has 4 rings (SSSR count). The fourth-order valence-electron chi connectivity index (χ4n) is 4.42. The molecular weight excluding hydrogens is 342 g/mol. The lowest BCUT2D eigenvalue weighted by molar-refractivity contribution is -0.136. The van der Waals surface area contributed by atoms with Gasteiger partial charge in [0.25, 0.3) is 5.56 Å². The van der Waals surface area contributed by atoms with E-state index in [2.05, 4.69) is 9.55 Å². The highest BCUT2D eigenvalue weighted by atomic mass is 32.2. The largest absolute Gasteiger partial charge is 0.342 e. The van der Waals surface area contributed by atoms with Crippen LogP contribution in [0.5, 0.6) is 0 Å². The Morgan fingerprint density at radius 1 is 1.20 bits per heavy atom. The van der Waals surface area contributed by atoms with Crippen LogP contribution in [-0.2, 0) is 27.6 Å². The zero-order valence-electron chi connectivity index (χ0n) is 14.2. The van der Waals surface area contributed by atoms with E-state index in [0.29, 0.717) is 19.5 Å². The molecule has 0 radical (unpaired) electrons. The first-order chi connectivity index (χ1) is 11.9. The topological polar surface area (TPSA) is 89.3 Å². The van der Waals surface area contributed by atoms with Crippen molar-refractivity contribution in [2.45, 2.75) is 44.6 Å². The van der Waals surface area contributed by atoms with Crippen molar-refractivity contribution >= 4 is 15.7 Å². The van der Waals surface area contributed by atoms with E-state index in [9.17, 15) is 18.0 Å². The molecule has 2 atom stereocenters. The van der Waals surface area contributed by atoms with Crippen LogP contribution in [0.25, 0.3) is 0 Å². The van der Waals surface area contributed by atoms with Crippen molar-refractivity contribution in [1.82, 2.24) is 14.5 Å². The van der Waals surface area contributed by atoms with Crippen LogP contribution in [0.4, 0.5) is 0 Å². The van der Waals surface area contributed by atoms with Crippen LogP contribution in [0, 0.1) is 5.92 Å². The molecule has 1 aromatic rings. The highest BCUT2D eigenvalue weighted by Crippen LogP contribution is 2.30. The minimum atomic E-state index is -3.06. The monoisotopic (exact) mass is 365 g/mol. The van der Waals surface area contributed by atoms with Crippen LogP contribution < -0.4 is 5.56 Å². The lowest BCUT2D eigenvalue weighted by Crippen LogP contribution is -2.43. The second kappa shape index (κ2) is 6.23. The fourth-order valence-corrected chi connectivity index (χ4v) is 6.16. The van der Waals surface area contributed by atoms with Gasteiger partial charge >= 0.3 is 0 Å². The van der Waals surface area contributed by atoms with Gasteiger partial charge in [0.2, 0.25) is 5.91 Å². The molecule has 7 nitrogen and oxygen atoms in total. The lowest BCUT2D eigenvalue weighted by Gasteiger charge is -2.35. The molecule has 0 aliphatic carbocycles. The molecule has 1 aromatic heterocycles. The third-order valence-electron chi connectivity index (χ3n) is 5.65. The normalized spacial score (nSPS) is 28.1. The molecule has 0 bridgehead atoms. The Bertz CT molecular complexity index is 861. The Morgan fingerprint density at radius 3 is 2.80 bits per heavy atom. The Balaban J connectivity index is 1.54. The molecule has 136 valence electrons. The van der Waals surface area contributed by atoms with Gasteiger partial charge in [-0.25, -0.2) is 8.42 Å². The molecule has 3 aliphatic heterocycles. The number of fused-ring (bicyclic) bond motifs is 1. The number of hydrogen-bond acceptors (Lipinski definition) is 5. The van der Waals surface area contributed by atoms with E-state index in [0.717, 1.165) is 43.7 Å². The smallest absolute Gasteiger partial charge is 0.273 e. The van der Waals surface area contributed by atoms with Crippen LogP contribution in [0.15, 0.2) is 10.9 Å². The maximum Gasteiger partial charge on any atom is 0.273 e. The second-order valence-electron chi connectivity index (χ2n) is 7.41. The van der Waals surface area contributed by atoms with Gasteiger partial charge in [-0.2, -0.15) is 4.98 Å². The highest BCUT2D eigenvalue weighted by Gasteiger charge is 2.37. The van der Waals surface area contributed by atoms with E-state index < -0.39 is 15.8 Å². The maximum absolute atomic E-state index is 12.7. The molecule has 8 heteroatoms. The van der Waals surface area contributed by atoms with Gasteiger partial charge in [0.05, 0.1) is 17.4 Å². The number of rotatable bonds is 2. The van der Waals surface area contributed by atoms with E-state index in [1.165, 1.54) is 0 Å². The van der Waals surface area contributed by atoms with Crippen LogP contribution in [-0.4, -0.2) is 53.4 Å². The van der Waals surface area contributed by atoms with Crippen LogP contribution in [0.3, 0.4) is 0 Å². The first-order valence-electron chi connectivity index (χ1n) is 9.03. The van der Waals surface area contributed by atoms with Crippen molar-refractivity contribution in [2.75, 3.05) is 24.6 Å². The van der Waals surface area contributed by atoms with Gasteiger partial charge in [-0.05, 0) is 25.7 Å². The fraction of sp³-hybridized carbons (Fsp3) is 0.706. The molecule has 25 heavy (non-hydrogen) atoms. The molecule has 2 saturated heterocycles. The molecule has 2 fully saturated rings. The van der Waals surface area contributed by atoms with E-state index in [1.54, 1.807) is 6.07 Å². The quantitative estimate of drug-likeness (QED) is 0.753. The number of amides is 1. The van der Waals surface area contributed by atoms with Crippen molar-refractivity contribution < 1.29 is 13.2 Å². The Hall–Kier alpha value is -1.70. The molecule has 3 aliphatic rings. The molecule has 4 heterocycles. The summed E-state index contributed by atoms with van der Waals surface area (Å²) < 4.78 is 25.5. The highest BCUT2D eigenvalue weighted by molar-refractivity contribution is 7.91. The predicted molar refractivity (Wildman–Crippen MR) is 92.1 cm³/mol. The summed E-state index contributed by atoms with van der Waals surface area (Å²) in [5.74, 6) is 0.653. The maximum atomic E-state index is 12.7. The van der Waals surface area contributed by atoms with Crippen LogP contribution >= 0.6 is 0 Å². The number of aromatic nitrogens is 2. The summed E-state index contributed by atoms with van der Waals surface area (Å²) in [4.78, 5) is 30.6. The summed E-state index contributed by atoms with van der Waals surface area (Å²) in [7, 11) is -3.06. The lowest BCUT2D eigenvalue weighted by atomic mass is 9.93. The van der Waals surface area contributed by atoms with Crippen molar-refractivity contribution in [3.8, 4) is 0 Å². The Kier molecular flexibility index (Phi) is 4.17. The summed E-state index contributed by atoms with van der Waals surface area (Å²) in [6, 6.07) is 1.62. The third-order valence-corrected chi connectivity index (χ3v) is 7.42. The van der Waals surface area contributed by atoms with E-state index in [4.69, 9.17) is 0 Å². The molecular formula is C17H23N3O4S. The van der Waals surface area contributed by atoms with Crippen molar-refractivity contribution in [2.24, 2.45) is 5.92 Å². The average Bonchev–Trinajstić information content (AvgIpc) is 3.19. The number of aryl methyl sites for hydroxylation is 1. The van der Waals surface area contributed by atoms with Crippen LogP contribution in [0.2, 0.25) is 0 Å². The van der Waals surface area contributed by atoms with Gasteiger partial charge in [-0.3, -0.25) is 9.59 Å². The standard InChI is InChI=1S/C17H23N3O4S/c21-16-9-14(20-7-2-4-15(20)18-16)12-3-1-6-19(10-12)17(22)13-5-8-25(23,24)11-13/h9,12-13H,1-8,10-11H2/t12-,13+/m0/s1. The number of hydrogen-bond donors (Lipinski definition) is 0.